The van der Waals surface area contributed by atoms with Gasteiger partial charge in [-0.2, -0.15) is 0 Å². The number of nitrogens with one attached hydrogen (secondary N) is 1. The number of rotatable bonds is 11. The Labute approximate surface area is 372 Å². The predicted molar refractivity (Wildman–Crippen MR) is 241 cm³/mol. The van der Waals surface area contributed by atoms with Crippen molar-refractivity contribution in [2.45, 2.75) is 71.1 Å². The first-order chi connectivity index (χ1) is 30.4. The molecule has 1 unspecified atom stereocenters. The number of piperidine rings is 1. The molecule has 16 heteroatoms. The summed E-state index contributed by atoms with van der Waals surface area (Å²) < 4.78 is 5.83. The van der Waals surface area contributed by atoms with E-state index in [2.05, 4.69) is 37.5 Å². The third-order valence-corrected chi connectivity index (χ3v) is 15.3. The third kappa shape index (κ3) is 7.53. The normalized spacial score (nSPS) is 21.5. The molecule has 10 rings (SSSR count). The molecule has 7 heterocycles. The number of benzene rings is 2. The molecule has 0 bridgehead atoms. The molecule has 7 aromatic rings. The zero-order valence-electron chi connectivity index (χ0n) is 35.5. The molecule has 3 fully saturated rings. The first kappa shape index (κ1) is 40.9. The lowest BCUT2D eigenvalue weighted by molar-refractivity contribution is -0.141. The summed E-state index contributed by atoms with van der Waals surface area (Å²) >= 11 is 3.31. The van der Waals surface area contributed by atoms with Crippen LogP contribution in [0.3, 0.4) is 0 Å². The summed E-state index contributed by atoms with van der Waals surface area (Å²) in [5.74, 6) is 1.14. The van der Waals surface area contributed by atoms with Gasteiger partial charge in [-0.05, 0) is 73.4 Å². The van der Waals surface area contributed by atoms with Gasteiger partial charge in [0, 0.05) is 71.8 Å². The number of thiazole rings is 1. The summed E-state index contributed by atoms with van der Waals surface area (Å²) in [7, 11) is 0. The Bertz CT molecular complexity index is 2830. The van der Waals surface area contributed by atoms with Gasteiger partial charge in [0.05, 0.1) is 33.9 Å². The fourth-order valence-electron chi connectivity index (χ4n) is 9.56. The number of aryl methyl sites for hydroxylation is 2. The summed E-state index contributed by atoms with van der Waals surface area (Å²) in [6.45, 7) is 11.7. The number of phenols is 1. The second-order valence-electron chi connectivity index (χ2n) is 17.4. The van der Waals surface area contributed by atoms with Gasteiger partial charge in [-0.15, -0.1) is 32.9 Å². The van der Waals surface area contributed by atoms with Gasteiger partial charge in [-0.1, -0.05) is 55.4 Å². The molecule has 0 radical (unpaired) electrons. The largest absolute Gasteiger partial charge is 0.507 e. The van der Waals surface area contributed by atoms with E-state index < -0.39 is 18.1 Å². The monoisotopic (exact) mass is 881 g/mol. The second-order valence-corrected chi connectivity index (χ2v) is 19.3. The van der Waals surface area contributed by atoms with Crippen LogP contribution in [0.1, 0.15) is 72.5 Å². The molecule has 63 heavy (non-hydrogen) atoms. The number of carbonyl (C=O) groups excluding carboxylic acids is 2. The number of phenolic OH excluding ortho intramolecular Hbond substituents is 1. The Morgan fingerprint density at radius 1 is 0.905 bits per heavy atom. The van der Waals surface area contributed by atoms with E-state index in [-0.39, 0.29) is 42.5 Å². The Morgan fingerprint density at radius 2 is 1.65 bits per heavy atom. The number of hydrogen-bond donors (Lipinski definition) is 3. The SMILES string of the molecule is Cc1ncsc1-c1ccc([C@H](C)NC(=O)[C@@H]2C[C@@H](O)CN2C(=O)[C@@H](c2cc(-c3cnc(N4C[C@@H]5C(c6sc7nnc(-c8ccccc8O)cc7c6C)[C@@H]5C4)nc3)no2)C(C)C)cc1. The number of anilines is 1. The van der Waals surface area contributed by atoms with E-state index in [1.165, 1.54) is 15.3 Å². The highest BCUT2D eigenvalue weighted by Crippen LogP contribution is 2.61. The number of para-hydroxylation sites is 1. The van der Waals surface area contributed by atoms with Gasteiger partial charge in [-0.25, -0.2) is 15.0 Å². The van der Waals surface area contributed by atoms with Crippen molar-refractivity contribution in [1.29, 1.82) is 0 Å². The molecular weight excluding hydrogens is 835 g/mol. The molecule has 322 valence electrons. The van der Waals surface area contributed by atoms with Crippen molar-refractivity contribution in [3.8, 4) is 38.7 Å². The van der Waals surface area contributed by atoms with Gasteiger partial charge in [0.25, 0.3) is 0 Å². The minimum Gasteiger partial charge on any atom is -0.507 e. The summed E-state index contributed by atoms with van der Waals surface area (Å²) in [6.07, 6.45) is 2.79. The van der Waals surface area contributed by atoms with Crippen LogP contribution in [0.15, 0.2) is 83.1 Å². The molecular formula is C47H47N9O5S2. The van der Waals surface area contributed by atoms with Crippen LogP contribution in [0.5, 0.6) is 5.75 Å². The molecule has 2 amide bonds. The van der Waals surface area contributed by atoms with Gasteiger partial charge >= 0.3 is 0 Å². The van der Waals surface area contributed by atoms with Crippen LogP contribution in [-0.2, 0) is 9.59 Å². The number of likely N-dealkylation sites (tertiary alicyclic amines) is 1. The average molecular weight is 882 g/mol. The fourth-order valence-corrected chi connectivity index (χ4v) is 11.7. The quantitative estimate of drug-likeness (QED) is 0.115. The van der Waals surface area contributed by atoms with Crippen LogP contribution in [0, 0.1) is 31.6 Å². The van der Waals surface area contributed by atoms with Crippen LogP contribution < -0.4 is 10.2 Å². The highest BCUT2D eigenvalue weighted by Gasteiger charge is 2.58. The van der Waals surface area contributed by atoms with Crippen molar-refractivity contribution in [1.82, 2.24) is 40.5 Å². The van der Waals surface area contributed by atoms with E-state index in [4.69, 9.17) is 14.5 Å². The predicted octanol–water partition coefficient (Wildman–Crippen LogP) is 7.68. The van der Waals surface area contributed by atoms with Crippen LogP contribution in [0.4, 0.5) is 5.95 Å². The van der Waals surface area contributed by atoms with E-state index in [0.29, 0.717) is 52.0 Å². The van der Waals surface area contributed by atoms with Crippen LogP contribution in [0.25, 0.3) is 43.2 Å². The number of carbonyl (C=O) groups is 2. The van der Waals surface area contributed by atoms with Crippen molar-refractivity contribution in [3.05, 3.63) is 106 Å². The van der Waals surface area contributed by atoms with Crippen molar-refractivity contribution < 1.29 is 24.3 Å². The van der Waals surface area contributed by atoms with Gasteiger partial charge in [0.15, 0.2) is 0 Å². The van der Waals surface area contributed by atoms with E-state index in [0.717, 1.165) is 45.0 Å². The minimum absolute atomic E-state index is 0.0484. The number of aromatic nitrogens is 6. The first-order valence-electron chi connectivity index (χ1n) is 21.3. The molecule has 3 N–H and O–H groups in total. The first-order valence-corrected chi connectivity index (χ1v) is 23.0. The van der Waals surface area contributed by atoms with E-state index in [9.17, 15) is 19.8 Å². The molecule has 3 aliphatic rings. The number of hydrogen-bond acceptors (Lipinski definition) is 14. The van der Waals surface area contributed by atoms with Crippen molar-refractivity contribution in [2.75, 3.05) is 24.5 Å². The number of aliphatic hydroxyl groups is 1. The van der Waals surface area contributed by atoms with Crippen LogP contribution in [-0.4, -0.2) is 89.0 Å². The number of fused-ring (bicyclic) bond motifs is 2. The highest BCUT2D eigenvalue weighted by molar-refractivity contribution is 7.19. The number of amides is 2. The maximum atomic E-state index is 14.3. The van der Waals surface area contributed by atoms with Gasteiger partial charge in [0.2, 0.25) is 17.8 Å². The topological polar surface area (TPSA) is 184 Å². The fraction of sp³-hybridized carbons (Fsp3) is 0.362. The number of β-amino-alcohol motifs (C(OH)–C–C–N with tert-alkyl or cyclic N) is 1. The Morgan fingerprint density at radius 3 is 2.35 bits per heavy atom. The number of aromatic hydroxyl groups is 1. The lowest BCUT2D eigenvalue weighted by Gasteiger charge is -2.29. The van der Waals surface area contributed by atoms with E-state index in [1.807, 2.05) is 75.7 Å². The maximum absolute atomic E-state index is 14.3. The van der Waals surface area contributed by atoms with Crippen LogP contribution >= 0.6 is 22.7 Å². The maximum Gasteiger partial charge on any atom is 0.243 e. The molecule has 2 aliphatic heterocycles. The highest BCUT2D eigenvalue weighted by atomic mass is 32.1. The van der Waals surface area contributed by atoms with E-state index >= 15 is 0 Å². The number of nitrogens with zero attached hydrogens (tertiary/aromatic N) is 8. The Hall–Kier alpha value is -6.10. The molecule has 14 nitrogen and oxygen atoms in total. The van der Waals surface area contributed by atoms with Gasteiger partial charge in [0.1, 0.15) is 34.0 Å². The third-order valence-electron chi connectivity index (χ3n) is 13.0. The number of aliphatic hydroxyl groups excluding tert-OH is 1. The van der Waals surface area contributed by atoms with Gasteiger partial charge < -0.3 is 29.9 Å². The average Bonchev–Trinajstić information content (AvgIpc) is 3.97. The molecule has 0 spiro atoms. The van der Waals surface area contributed by atoms with Crippen molar-refractivity contribution in [2.24, 2.45) is 17.8 Å². The Kier molecular flexibility index (Phi) is 10.5. The minimum atomic E-state index is -0.835. The summed E-state index contributed by atoms with van der Waals surface area (Å²) in [4.78, 5) is 49.0. The van der Waals surface area contributed by atoms with Crippen molar-refractivity contribution in [3.63, 3.8) is 0 Å². The second kappa shape index (κ2) is 16.2. The molecule has 1 aliphatic carbocycles. The lowest BCUT2D eigenvalue weighted by atomic mass is 9.91. The van der Waals surface area contributed by atoms with Crippen LogP contribution in [0.2, 0.25) is 0 Å². The molecule has 2 saturated heterocycles. The van der Waals surface area contributed by atoms with Gasteiger partial charge in [-0.3, -0.25) is 9.59 Å². The molecule has 1 saturated carbocycles. The van der Waals surface area contributed by atoms with E-state index in [1.54, 1.807) is 53.3 Å². The smallest absolute Gasteiger partial charge is 0.243 e. The molecule has 7 atom stereocenters. The Balaban J connectivity index is 0.779. The summed E-state index contributed by atoms with van der Waals surface area (Å²) in [5.41, 5.74) is 8.54. The standard InChI is InChI=1S/C47H47N9O5S2/c1-23(2)40(46(60)56-19-30(57)14-37(56)44(59)51-25(4)27-10-12-28(13-11-27)43-26(5)50-22-62-43)39-16-35(54-61-39)29-17-48-47(49-18-29)55-20-33-34(21-55)41(33)42-24(3)32-15-36(52-53-45(32)63-42)31-8-6-7-9-38(31)58/h6-13,15-18,22-23,25,30,33-34,37,40-41,57-58H,14,19-21H2,1-5H3,(H,51,59)/t25-,30+,33-,34+,37-,40+,41?/m0/s1. The zero-order chi connectivity index (χ0) is 43.7. The summed E-state index contributed by atoms with van der Waals surface area (Å²) in [5, 5.41) is 38.6. The van der Waals surface area contributed by atoms with Crippen molar-refractivity contribution >= 4 is 50.7 Å². The molecule has 2 aromatic carbocycles. The molecule has 5 aromatic heterocycles. The lowest BCUT2D eigenvalue weighted by Crippen LogP contribution is -2.48. The number of thiophene rings is 1. The zero-order valence-corrected chi connectivity index (χ0v) is 37.1. The summed E-state index contributed by atoms with van der Waals surface area (Å²) in [6, 6.07) is 17.9.